The van der Waals surface area contributed by atoms with Crippen molar-refractivity contribution in [2.24, 2.45) is 0 Å². The topological polar surface area (TPSA) is 34.9 Å². The Morgan fingerprint density at radius 2 is 1.72 bits per heavy atom. The second-order valence-corrected chi connectivity index (χ2v) is 9.41. The molecule has 0 aliphatic heterocycles. The number of hydrogen-bond donors (Lipinski definition) is 0. The van der Waals surface area contributed by atoms with Crippen LogP contribution in [0.25, 0.3) is 21.3 Å². The maximum Gasteiger partial charge on any atom is 0.263 e. The molecule has 0 aliphatic carbocycles. The maximum atomic E-state index is 13.4. The van der Waals surface area contributed by atoms with Crippen LogP contribution in [0.15, 0.2) is 41.5 Å². The SMILES string of the molecule is Cc1ccc(-c2c(C)sc3ncn(Cc4c(Cl)ccc(Cl)c4Cl)c(=O)c23)cc1C. The lowest BCUT2D eigenvalue weighted by molar-refractivity contribution is 0.750. The fourth-order valence-electron chi connectivity index (χ4n) is 3.38. The van der Waals surface area contributed by atoms with Crippen molar-refractivity contribution in [3.8, 4) is 11.1 Å². The second-order valence-electron chi connectivity index (χ2n) is 7.01. The van der Waals surface area contributed by atoms with Crippen molar-refractivity contribution in [1.29, 1.82) is 0 Å². The lowest BCUT2D eigenvalue weighted by Gasteiger charge is -2.11. The summed E-state index contributed by atoms with van der Waals surface area (Å²) < 4.78 is 1.53. The van der Waals surface area contributed by atoms with Crippen molar-refractivity contribution in [2.75, 3.05) is 0 Å². The highest BCUT2D eigenvalue weighted by atomic mass is 35.5. The highest BCUT2D eigenvalue weighted by molar-refractivity contribution is 7.19. The predicted octanol–water partition coefficient (Wildman–Crippen LogP) is 7.06. The van der Waals surface area contributed by atoms with Gasteiger partial charge in [-0.1, -0.05) is 53.0 Å². The first kappa shape index (κ1) is 20.4. The van der Waals surface area contributed by atoms with Gasteiger partial charge in [0.05, 0.1) is 28.3 Å². The first-order valence-corrected chi connectivity index (χ1v) is 10.9. The Morgan fingerprint density at radius 1 is 1.00 bits per heavy atom. The molecule has 0 saturated heterocycles. The molecule has 29 heavy (non-hydrogen) atoms. The second kappa shape index (κ2) is 7.77. The van der Waals surface area contributed by atoms with Crippen LogP contribution in [0.2, 0.25) is 15.1 Å². The Balaban J connectivity index is 1.92. The molecule has 0 N–H and O–H groups in total. The van der Waals surface area contributed by atoms with Crippen LogP contribution < -0.4 is 5.56 Å². The number of benzene rings is 2. The van der Waals surface area contributed by atoms with Crippen LogP contribution in [0.5, 0.6) is 0 Å². The Labute approximate surface area is 187 Å². The summed E-state index contributed by atoms with van der Waals surface area (Å²) >= 11 is 20.3. The van der Waals surface area contributed by atoms with Gasteiger partial charge in [0.2, 0.25) is 0 Å². The fraction of sp³-hybridized carbons (Fsp3) is 0.182. The highest BCUT2D eigenvalue weighted by Gasteiger charge is 2.18. The first-order valence-electron chi connectivity index (χ1n) is 8.96. The van der Waals surface area contributed by atoms with E-state index in [9.17, 15) is 4.79 Å². The molecule has 2 aromatic heterocycles. The van der Waals surface area contributed by atoms with Crippen molar-refractivity contribution in [3.63, 3.8) is 0 Å². The van der Waals surface area contributed by atoms with Crippen molar-refractivity contribution in [1.82, 2.24) is 9.55 Å². The fourth-order valence-corrected chi connectivity index (χ4v) is 5.05. The average molecular weight is 464 g/mol. The largest absolute Gasteiger partial charge is 0.294 e. The summed E-state index contributed by atoms with van der Waals surface area (Å²) in [6, 6.07) is 9.56. The summed E-state index contributed by atoms with van der Waals surface area (Å²) in [6.45, 7) is 6.36. The number of rotatable bonds is 3. The number of fused-ring (bicyclic) bond motifs is 1. The monoisotopic (exact) mass is 462 g/mol. The third-order valence-electron chi connectivity index (χ3n) is 5.12. The third kappa shape index (κ3) is 3.59. The molecule has 0 amide bonds. The molecule has 0 bridgehead atoms. The lowest BCUT2D eigenvalue weighted by Crippen LogP contribution is -2.21. The summed E-state index contributed by atoms with van der Waals surface area (Å²) in [4.78, 5) is 19.7. The van der Waals surface area contributed by atoms with Gasteiger partial charge < -0.3 is 0 Å². The molecule has 0 aliphatic rings. The average Bonchev–Trinajstić information content (AvgIpc) is 3.02. The molecule has 148 valence electrons. The van der Waals surface area contributed by atoms with Gasteiger partial charge in [0.1, 0.15) is 4.83 Å². The molecule has 2 aromatic carbocycles. The van der Waals surface area contributed by atoms with Gasteiger partial charge in [0.25, 0.3) is 5.56 Å². The zero-order chi connectivity index (χ0) is 20.9. The molecule has 7 heteroatoms. The lowest BCUT2D eigenvalue weighted by atomic mass is 9.99. The van der Waals surface area contributed by atoms with Gasteiger partial charge in [-0.05, 0) is 49.6 Å². The van der Waals surface area contributed by atoms with Crippen LogP contribution >= 0.6 is 46.1 Å². The molecule has 0 unspecified atom stereocenters. The van der Waals surface area contributed by atoms with Gasteiger partial charge in [0.15, 0.2) is 0 Å². The van der Waals surface area contributed by atoms with Crippen LogP contribution in [0.3, 0.4) is 0 Å². The van der Waals surface area contributed by atoms with Crippen LogP contribution in [-0.2, 0) is 6.54 Å². The molecular weight excluding hydrogens is 447 g/mol. The highest BCUT2D eigenvalue weighted by Crippen LogP contribution is 2.36. The van der Waals surface area contributed by atoms with Gasteiger partial charge in [0, 0.05) is 21.0 Å². The summed E-state index contributed by atoms with van der Waals surface area (Å²) in [7, 11) is 0. The molecule has 3 nitrogen and oxygen atoms in total. The maximum absolute atomic E-state index is 13.4. The summed E-state index contributed by atoms with van der Waals surface area (Å²) in [5.41, 5.74) is 4.83. The van der Waals surface area contributed by atoms with Crippen LogP contribution in [0.4, 0.5) is 0 Å². The number of aryl methyl sites for hydroxylation is 3. The first-order chi connectivity index (χ1) is 13.8. The van der Waals surface area contributed by atoms with E-state index in [0.717, 1.165) is 20.8 Å². The predicted molar refractivity (Wildman–Crippen MR) is 124 cm³/mol. The van der Waals surface area contributed by atoms with Gasteiger partial charge >= 0.3 is 0 Å². The molecule has 4 aromatic rings. The van der Waals surface area contributed by atoms with E-state index in [1.807, 2.05) is 6.92 Å². The van der Waals surface area contributed by atoms with Crippen LogP contribution in [0, 0.1) is 20.8 Å². The van der Waals surface area contributed by atoms with E-state index in [0.29, 0.717) is 26.0 Å². The smallest absolute Gasteiger partial charge is 0.263 e. The minimum absolute atomic E-state index is 0.125. The Kier molecular flexibility index (Phi) is 5.47. The minimum atomic E-state index is -0.125. The number of aromatic nitrogens is 2. The van der Waals surface area contributed by atoms with E-state index in [1.165, 1.54) is 27.0 Å². The van der Waals surface area contributed by atoms with E-state index in [-0.39, 0.29) is 12.1 Å². The van der Waals surface area contributed by atoms with Crippen molar-refractivity contribution < 1.29 is 0 Å². The zero-order valence-corrected chi connectivity index (χ0v) is 19.1. The van der Waals surface area contributed by atoms with E-state index < -0.39 is 0 Å². The molecule has 0 radical (unpaired) electrons. The van der Waals surface area contributed by atoms with Crippen LogP contribution in [0.1, 0.15) is 21.6 Å². The molecule has 4 rings (SSSR count). The summed E-state index contributed by atoms with van der Waals surface area (Å²) in [6.07, 6.45) is 1.54. The number of thiophene rings is 1. The van der Waals surface area contributed by atoms with Crippen molar-refractivity contribution in [2.45, 2.75) is 27.3 Å². The van der Waals surface area contributed by atoms with Crippen molar-refractivity contribution >= 4 is 56.4 Å². The minimum Gasteiger partial charge on any atom is -0.294 e. The van der Waals surface area contributed by atoms with E-state index in [2.05, 4.69) is 37.0 Å². The molecule has 0 fully saturated rings. The Hall–Kier alpha value is -1.85. The standard InChI is InChI=1S/C22H17Cl3N2OS/c1-11-4-5-14(8-12(11)2)18-13(3)29-21-19(18)22(28)27(10-26-21)9-15-16(23)6-7-17(24)20(15)25/h4-8,10H,9H2,1-3H3. The quantitative estimate of drug-likeness (QED) is 0.305. The molecule has 2 heterocycles. The van der Waals surface area contributed by atoms with E-state index in [1.54, 1.807) is 18.5 Å². The summed E-state index contributed by atoms with van der Waals surface area (Å²) in [5.74, 6) is 0. The number of hydrogen-bond acceptors (Lipinski definition) is 3. The van der Waals surface area contributed by atoms with Crippen molar-refractivity contribution in [3.05, 3.63) is 83.6 Å². The number of halogens is 3. The van der Waals surface area contributed by atoms with Crippen LogP contribution in [-0.4, -0.2) is 9.55 Å². The van der Waals surface area contributed by atoms with Gasteiger partial charge in [-0.3, -0.25) is 9.36 Å². The van der Waals surface area contributed by atoms with Gasteiger partial charge in [-0.25, -0.2) is 4.98 Å². The van der Waals surface area contributed by atoms with Gasteiger partial charge in [-0.15, -0.1) is 11.3 Å². The molecule has 0 atom stereocenters. The van der Waals surface area contributed by atoms with E-state index in [4.69, 9.17) is 34.8 Å². The molecule has 0 spiro atoms. The Bertz CT molecular complexity index is 1320. The zero-order valence-electron chi connectivity index (χ0n) is 16.0. The van der Waals surface area contributed by atoms with Gasteiger partial charge in [-0.2, -0.15) is 0 Å². The molecule has 0 saturated carbocycles. The third-order valence-corrected chi connectivity index (χ3v) is 7.33. The number of nitrogens with zero attached hydrogens (tertiary/aromatic N) is 2. The summed E-state index contributed by atoms with van der Waals surface area (Å²) in [5, 5.41) is 1.83. The normalized spacial score (nSPS) is 11.4. The van der Waals surface area contributed by atoms with E-state index >= 15 is 0 Å². The molecular formula is C22H17Cl3N2OS. The Morgan fingerprint density at radius 3 is 2.45 bits per heavy atom.